The summed E-state index contributed by atoms with van der Waals surface area (Å²) in [5.74, 6) is -0.203. The summed E-state index contributed by atoms with van der Waals surface area (Å²) in [5.41, 5.74) is 0. The van der Waals surface area contributed by atoms with E-state index in [1.807, 2.05) is 27.2 Å². The maximum Gasteiger partial charge on any atom is 0.472 e. The van der Waals surface area contributed by atoms with Gasteiger partial charge in [0.15, 0.2) is 0 Å². The molecule has 3 atom stereocenters. The smallest absolute Gasteiger partial charge is 0.387 e. The van der Waals surface area contributed by atoms with E-state index in [9.17, 15) is 19.4 Å². The Kier molecular flexibility index (Phi) is 43.6. The predicted octanol–water partition coefficient (Wildman–Crippen LogP) is 15.1. The molecular formula is C54H100N2O6P+. The van der Waals surface area contributed by atoms with Crippen molar-refractivity contribution in [2.24, 2.45) is 0 Å². The van der Waals surface area contributed by atoms with E-state index in [-0.39, 0.29) is 19.1 Å². The van der Waals surface area contributed by atoms with Crippen LogP contribution >= 0.6 is 7.82 Å². The molecule has 0 aliphatic rings. The van der Waals surface area contributed by atoms with Gasteiger partial charge in [-0.25, -0.2) is 4.57 Å². The number of amides is 1. The van der Waals surface area contributed by atoms with Crippen molar-refractivity contribution in [3.05, 3.63) is 72.9 Å². The lowest BCUT2D eigenvalue weighted by Crippen LogP contribution is -2.45. The van der Waals surface area contributed by atoms with Gasteiger partial charge in [-0.3, -0.25) is 13.8 Å². The van der Waals surface area contributed by atoms with Crippen LogP contribution in [0.4, 0.5) is 0 Å². The third-order valence-electron chi connectivity index (χ3n) is 11.1. The van der Waals surface area contributed by atoms with Crippen molar-refractivity contribution >= 4 is 13.7 Å². The largest absolute Gasteiger partial charge is 0.472 e. The zero-order valence-corrected chi connectivity index (χ0v) is 42.4. The fraction of sp³-hybridized carbons (Fsp3) is 0.759. The molecule has 0 fully saturated rings. The molecule has 0 rings (SSSR count). The number of phosphoric acid groups is 1. The normalized spacial score (nSPS) is 14.7. The van der Waals surface area contributed by atoms with Crippen molar-refractivity contribution in [1.29, 1.82) is 0 Å². The first-order valence-electron chi connectivity index (χ1n) is 25.8. The molecule has 0 heterocycles. The molecule has 9 heteroatoms. The number of nitrogens with zero attached hydrogens (tertiary/aromatic N) is 1. The Balaban J connectivity index is 4.39. The van der Waals surface area contributed by atoms with Crippen LogP contribution in [-0.2, 0) is 18.4 Å². The van der Waals surface area contributed by atoms with Crippen molar-refractivity contribution in [2.75, 3.05) is 40.9 Å². The van der Waals surface area contributed by atoms with Crippen molar-refractivity contribution in [2.45, 2.75) is 225 Å². The van der Waals surface area contributed by atoms with Crippen molar-refractivity contribution in [1.82, 2.24) is 5.32 Å². The number of phosphoric ester groups is 1. The molecule has 0 saturated carbocycles. The minimum absolute atomic E-state index is 0.0482. The minimum Gasteiger partial charge on any atom is -0.387 e. The molecule has 0 aliphatic heterocycles. The van der Waals surface area contributed by atoms with Crippen LogP contribution in [0, 0.1) is 0 Å². The molecule has 3 N–H and O–H groups in total. The fourth-order valence-electron chi connectivity index (χ4n) is 7.09. The molecule has 1 amide bonds. The van der Waals surface area contributed by atoms with Gasteiger partial charge in [-0.2, -0.15) is 0 Å². The van der Waals surface area contributed by atoms with E-state index < -0.39 is 20.0 Å². The number of carbonyl (C=O) groups excluding carboxylic acids is 1. The summed E-state index contributed by atoms with van der Waals surface area (Å²) in [4.78, 5) is 23.2. The lowest BCUT2D eigenvalue weighted by molar-refractivity contribution is -0.870. The SMILES string of the molecule is CC/C=C\C/C=C\C/C=C\CCCCCCCCCC(=O)NC(COP(=O)(O)OCC[N+](C)(C)C)C(O)/C=C/CC/C=C/CC/C=C/CCCCCCCCCCCCCCCC. The lowest BCUT2D eigenvalue weighted by atomic mass is 10.0. The zero-order valence-electron chi connectivity index (χ0n) is 41.5. The quantitative estimate of drug-likeness (QED) is 0.0243. The summed E-state index contributed by atoms with van der Waals surface area (Å²) in [6.45, 7) is 4.67. The Hall–Kier alpha value is -2.06. The highest BCUT2D eigenvalue weighted by atomic mass is 31.2. The average Bonchev–Trinajstić information content (AvgIpc) is 3.24. The summed E-state index contributed by atoms with van der Waals surface area (Å²) >= 11 is 0. The number of hydrogen-bond acceptors (Lipinski definition) is 5. The first-order chi connectivity index (χ1) is 30.5. The number of likely N-dealkylation sites (N-methyl/N-ethyl adjacent to an activating group) is 1. The summed E-state index contributed by atoms with van der Waals surface area (Å²) in [5, 5.41) is 13.9. The van der Waals surface area contributed by atoms with Gasteiger partial charge in [0.1, 0.15) is 13.2 Å². The first kappa shape index (κ1) is 60.9. The summed E-state index contributed by atoms with van der Waals surface area (Å²) in [6.07, 6.45) is 61.4. The van der Waals surface area contributed by atoms with Gasteiger partial charge < -0.3 is 19.8 Å². The fourth-order valence-corrected chi connectivity index (χ4v) is 7.82. The zero-order chi connectivity index (χ0) is 46.4. The Morgan fingerprint density at radius 1 is 0.556 bits per heavy atom. The van der Waals surface area contributed by atoms with E-state index in [0.717, 1.165) is 77.0 Å². The molecule has 0 radical (unpaired) electrons. The van der Waals surface area contributed by atoms with Crippen molar-refractivity contribution in [3.8, 4) is 0 Å². The molecule has 366 valence electrons. The van der Waals surface area contributed by atoms with Crippen molar-refractivity contribution in [3.63, 3.8) is 0 Å². The molecule has 0 bridgehead atoms. The number of aliphatic hydroxyl groups is 1. The van der Waals surface area contributed by atoms with Gasteiger partial charge >= 0.3 is 7.82 Å². The van der Waals surface area contributed by atoms with Crippen LogP contribution < -0.4 is 5.32 Å². The van der Waals surface area contributed by atoms with E-state index in [1.165, 1.54) is 116 Å². The van der Waals surface area contributed by atoms with Gasteiger partial charge in [0.05, 0.1) is 39.9 Å². The van der Waals surface area contributed by atoms with Gasteiger partial charge in [0.25, 0.3) is 0 Å². The highest BCUT2D eigenvalue weighted by molar-refractivity contribution is 7.47. The van der Waals surface area contributed by atoms with Crippen LogP contribution in [0.15, 0.2) is 72.9 Å². The highest BCUT2D eigenvalue weighted by Crippen LogP contribution is 2.43. The first-order valence-corrected chi connectivity index (χ1v) is 27.3. The summed E-state index contributed by atoms with van der Waals surface area (Å²) in [6, 6.07) is -0.879. The second-order valence-corrected chi connectivity index (χ2v) is 19.9. The van der Waals surface area contributed by atoms with E-state index in [2.05, 4.69) is 79.9 Å². The van der Waals surface area contributed by atoms with Crippen molar-refractivity contribution < 1.29 is 32.9 Å². The molecule has 0 saturated heterocycles. The number of nitrogens with one attached hydrogen (secondary N) is 1. The van der Waals surface area contributed by atoms with Gasteiger partial charge in [-0.05, 0) is 77.0 Å². The number of unbranched alkanes of at least 4 members (excludes halogenated alkanes) is 23. The van der Waals surface area contributed by atoms with E-state index in [4.69, 9.17) is 9.05 Å². The van der Waals surface area contributed by atoms with E-state index >= 15 is 0 Å². The molecule has 63 heavy (non-hydrogen) atoms. The number of aliphatic hydroxyl groups excluding tert-OH is 1. The Morgan fingerprint density at radius 3 is 1.46 bits per heavy atom. The van der Waals surface area contributed by atoms with Gasteiger partial charge in [0.2, 0.25) is 5.91 Å². The Labute approximate surface area is 389 Å². The number of quaternary nitrogens is 1. The van der Waals surface area contributed by atoms with Crippen LogP contribution in [0.2, 0.25) is 0 Å². The summed E-state index contributed by atoms with van der Waals surface area (Å²) in [7, 11) is 1.53. The van der Waals surface area contributed by atoms with Gasteiger partial charge in [-0.15, -0.1) is 0 Å². The highest BCUT2D eigenvalue weighted by Gasteiger charge is 2.27. The third kappa shape index (κ3) is 47.7. The molecule has 8 nitrogen and oxygen atoms in total. The Morgan fingerprint density at radius 2 is 0.968 bits per heavy atom. The maximum absolute atomic E-state index is 12.9. The van der Waals surface area contributed by atoms with Crippen LogP contribution in [-0.4, -0.2) is 73.4 Å². The predicted molar refractivity (Wildman–Crippen MR) is 272 cm³/mol. The monoisotopic (exact) mass is 904 g/mol. The number of allylic oxidation sites excluding steroid dienone is 11. The molecule has 0 spiro atoms. The molecule has 0 aromatic rings. The molecule has 0 aromatic carbocycles. The third-order valence-corrected chi connectivity index (χ3v) is 12.1. The topological polar surface area (TPSA) is 105 Å². The van der Waals surface area contributed by atoms with E-state index in [1.54, 1.807) is 6.08 Å². The molecule has 3 unspecified atom stereocenters. The van der Waals surface area contributed by atoms with E-state index in [0.29, 0.717) is 17.4 Å². The Bertz CT molecular complexity index is 1250. The molecular weight excluding hydrogens is 804 g/mol. The molecule has 0 aliphatic carbocycles. The number of rotatable bonds is 46. The second-order valence-electron chi connectivity index (χ2n) is 18.5. The minimum atomic E-state index is -4.36. The number of hydrogen-bond donors (Lipinski definition) is 3. The second kappa shape index (κ2) is 45.1. The lowest BCUT2D eigenvalue weighted by Gasteiger charge is -2.25. The van der Waals surface area contributed by atoms with Gasteiger partial charge in [0, 0.05) is 6.42 Å². The standard InChI is InChI=1S/C54H99N2O6P/c1-6-8-10-12-14-16-18-20-22-24-25-26-27-28-29-30-32-33-35-37-39-41-43-45-47-53(57)52(51-62-63(59,60)61-50-49-56(3,4)5)55-54(58)48-46-44-42-40-38-36-34-31-23-21-19-17-15-13-11-9-7-2/h9,11,15,17,21,23,30,32,37,39,45,47,52-53,57H,6-8,10,12-14,16,18-20,22,24-29,31,33-36,38,40-44,46,48-51H2,1-5H3,(H-,55,58,59,60)/p+1/b11-9-,17-15-,23-21-,32-30+,39-37+,47-45+. The average molecular weight is 904 g/mol. The van der Waals surface area contributed by atoms with Crippen LogP contribution in [0.25, 0.3) is 0 Å². The maximum atomic E-state index is 12.9. The molecule has 0 aromatic heterocycles. The van der Waals surface area contributed by atoms with Gasteiger partial charge in [-0.1, -0.05) is 202 Å². The van der Waals surface area contributed by atoms with Crippen LogP contribution in [0.5, 0.6) is 0 Å². The van der Waals surface area contributed by atoms with Crippen LogP contribution in [0.3, 0.4) is 0 Å². The summed E-state index contributed by atoms with van der Waals surface area (Å²) < 4.78 is 23.6. The number of carbonyl (C=O) groups is 1. The van der Waals surface area contributed by atoms with Crippen LogP contribution in [0.1, 0.15) is 213 Å².